The molecule has 0 saturated heterocycles. The van der Waals surface area contributed by atoms with Gasteiger partial charge in [-0.05, 0) is 38.5 Å². The van der Waals surface area contributed by atoms with Crippen LogP contribution in [0.4, 0.5) is 4.79 Å². The number of aliphatic carboxylic acids is 1. The molecule has 0 aliphatic heterocycles. The Kier molecular flexibility index (Phi) is 5.45. The number of urea groups is 1. The van der Waals surface area contributed by atoms with E-state index in [4.69, 9.17) is 9.84 Å². The molecule has 0 heterocycles. The molecule has 0 unspecified atom stereocenters. The molecule has 2 saturated carbocycles. The van der Waals surface area contributed by atoms with Gasteiger partial charge in [-0.15, -0.1) is 0 Å². The summed E-state index contributed by atoms with van der Waals surface area (Å²) in [6, 6.07) is -0.0835. The fourth-order valence-electron chi connectivity index (χ4n) is 3.43. The number of carboxylic acids is 1. The lowest BCUT2D eigenvalue weighted by molar-refractivity contribution is -0.142. The lowest BCUT2D eigenvalue weighted by Crippen LogP contribution is -2.49. The van der Waals surface area contributed by atoms with E-state index in [9.17, 15) is 9.59 Å². The molecule has 0 aromatic carbocycles. The SMILES string of the molecule is COC1(CNC(=O)NC2CCC(C(=O)O)CC2)CCCC1. The van der Waals surface area contributed by atoms with Crippen molar-refractivity contribution in [2.24, 2.45) is 5.92 Å². The molecule has 2 rings (SSSR count). The second-order valence-corrected chi connectivity index (χ2v) is 6.31. The minimum Gasteiger partial charge on any atom is -0.481 e. The van der Waals surface area contributed by atoms with Crippen molar-refractivity contribution in [3.63, 3.8) is 0 Å². The van der Waals surface area contributed by atoms with E-state index in [-0.39, 0.29) is 23.6 Å². The van der Waals surface area contributed by atoms with Crippen LogP contribution < -0.4 is 10.6 Å². The summed E-state index contributed by atoms with van der Waals surface area (Å²) in [4.78, 5) is 22.8. The predicted octanol–water partition coefficient (Wildman–Crippen LogP) is 1.89. The molecule has 2 amide bonds. The van der Waals surface area contributed by atoms with Gasteiger partial charge in [0.15, 0.2) is 0 Å². The van der Waals surface area contributed by atoms with Crippen LogP contribution >= 0.6 is 0 Å². The second-order valence-electron chi connectivity index (χ2n) is 6.31. The van der Waals surface area contributed by atoms with Crippen molar-refractivity contribution in [1.82, 2.24) is 10.6 Å². The smallest absolute Gasteiger partial charge is 0.315 e. The lowest BCUT2D eigenvalue weighted by atomic mass is 9.86. The van der Waals surface area contributed by atoms with Crippen LogP contribution in [0.5, 0.6) is 0 Å². The Balaban J connectivity index is 1.69. The molecule has 6 heteroatoms. The molecule has 0 aromatic rings. The number of amides is 2. The van der Waals surface area contributed by atoms with Crippen LogP contribution in [0.2, 0.25) is 0 Å². The van der Waals surface area contributed by atoms with Gasteiger partial charge >= 0.3 is 12.0 Å². The minimum absolute atomic E-state index is 0.0858. The average Bonchev–Trinajstić information content (AvgIpc) is 2.95. The molecule has 2 aliphatic carbocycles. The molecule has 0 spiro atoms. The van der Waals surface area contributed by atoms with Gasteiger partial charge in [-0.3, -0.25) is 4.79 Å². The first-order valence-corrected chi connectivity index (χ1v) is 7.87. The highest BCUT2D eigenvalue weighted by Gasteiger charge is 2.34. The molecule has 0 atom stereocenters. The zero-order valence-electron chi connectivity index (χ0n) is 12.7. The first-order chi connectivity index (χ1) is 10.0. The van der Waals surface area contributed by atoms with Crippen LogP contribution in [0.1, 0.15) is 51.4 Å². The Morgan fingerprint density at radius 1 is 1.19 bits per heavy atom. The van der Waals surface area contributed by atoms with E-state index in [1.807, 2.05) is 0 Å². The largest absolute Gasteiger partial charge is 0.481 e. The van der Waals surface area contributed by atoms with Crippen LogP contribution in [-0.2, 0) is 9.53 Å². The minimum atomic E-state index is -0.721. The van der Waals surface area contributed by atoms with E-state index in [0.29, 0.717) is 19.4 Å². The lowest BCUT2D eigenvalue weighted by Gasteiger charge is -2.29. The third kappa shape index (κ3) is 4.33. The summed E-state index contributed by atoms with van der Waals surface area (Å²) in [5, 5.41) is 14.8. The molecule has 120 valence electrons. The maximum atomic E-state index is 11.9. The van der Waals surface area contributed by atoms with Crippen LogP contribution in [0.15, 0.2) is 0 Å². The molecule has 0 radical (unpaired) electrons. The zero-order chi connectivity index (χ0) is 15.3. The van der Waals surface area contributed by atoms with Gasteiger partial charge in [0, 0.05) is 19.7 Å². The van der Waals surface area contributed by atoms with Crippen molar-refractivity contribution in [3.8, 4) is 0 Å². The maximum Gasteiger partial charge on any atom is 0.315 e. The molecular formula is C15H26N2O4. The summed E-state index contributed by atoms with van der Waals surface area (Å²) >= 11 is 0. The van der Waals surface area contributed by atoms with Gasteiger partial charge in [-0.2, -0.15) is 0 Å². The fraction of sp³-hybridized carbons (Fsp3) is 0.867. The van der Waals surface area contributed by atoms with Crippen molar-refractivity contribution in [2.45, 2.75) is 63.0 Å². The summed E-state index contributed by atoms with van der Waals surface area (Å²) in [7, 11) is 1.71. The summed E-state index contributed by atoms with van der Waals surface area (Å²) in [5.74, 6) is -0.970. The van der Waals surface area contributed by atoms with E-state index in [0.717, 1.165) is 38.5 Å². The van der Waals surface area contributed by atoms with Crippen LogP contribution in [-0.4, -0.2) is 42.4 Å². The van der Waals surface area contributed by atoms with Gasteiger partial charge in [0.1, 0.15) is 0 Å². The number of carboxylic acid groups (broad SMARTS) is 1. The number of hydrogen-bond acceptors (Lipinski definition) is 3. The molecule has 0 aromatic heterocycles. The number of carbonyl (C=O) groups is 2. The summed E-state index contributed by atoms with van der Waals surface area (Å²) in [6.07, 6.45) is 7.04. The highest BCUT2D eigenvalue weighted by Crippen LogP contribution is 2.32. The van der Waals surface area contributed by atoms with E-state index < -0.39 is 5.97 Å². The number of rotatable bonds is 5. The second kappa shape index (κ2) is 7.11. The monoisotopic (exact) mass is 298 g/mol. The van der Waals surface area contributed by atoms with Crippen LogP contribution in [0.3, 0.4) is 0 Å². The highest BCUT2D eigenvalue weighted by atomic mass is 16.5. The number of methoxy groups -OCH3 is 1. The zero-order valence-corrected chi connectivity index (χ0v) is 12.7. The summed E-state index contributed by atoms with van der Waals surface area (Å²) < 4.78 is 5.57. The molecule has 2 aliphatic rings. The molecular weight excluding hydrogens is 272 g/mol. The first kappa shape index (κ1) is 16.1. The van der Waals surface area contributed by atoms with E-state index >= 15 is 0 Å². The van der Waals surface area contributed by atoms with Crippen molar-refractivity contribution in [1.29, 1.82) is 0 Å². The van der Waals surface area contributed by atoms with Gasteiger partial charge in [0.2, 0.25) is 0 Å². The molecule has 21 heavy (non-hydrogen) atoms. The van der Waals surface area contributed by atoms with Crippen molar-refractivity contribution in [3.05, 3.63) is 0 Å². The standard InChI is InChI=1S/C15H26N2O4/c1-21-15(8-2-3-9-15)10-16-14(20)17-12-6-4-11(5-7-12)13(18)19/h11-12H,2-10H2,1H3,(H,18,19)(H2,16,17,20). The quantitative estimate of drug-likeness (QED) is 0.723. The number of carbonyl (C=O) groups excluding carboxylic acids is 1. The average molecular weight is 298 g/mol. The molecule has 6 nitrogen and oxygen atoms in total. The Morgan fingerprint density at radius 3 is 2.33 bits per heavy atom. The van der Waals surface area contributed by atoms with Gasteiger partial charge in [-0.1, -0.05) is 12.8 Å². The molecule has 2 fully saturated rings. The normalized spacial score (nSPS) is 28.0. The van der Waals surface area contributed by atoms with Crippen molar-refractivity contribution in [2.75, 3.05) is 13.7 Å². The highest BCUT2D eigenvalue weighted by molar-refractivity contribution is 5.74. The fourth-order valence-corrected chi connectivity index (χ4v) is 3.43. The molecule has 3 N–H and O–H groups in total. The topological polar surface area (TPSA) is 87.7 Å². The van der Waals surface area contributed by atoms with Crippen LogP contribution in [0.25, 0.3) is 0 Å². The molecule has 0 bridgehead atoms. The number of hydrogen-bond donors (Lipinski definition) is 3. The number of nitrogens with one attached hydrogen (secondary N) is 2. The van der Waals surface area contributed by atoms with Gasteiger partial charge in [0.25, 0.3) is 0 Å². The Bertz CT molecular complexity index is 372. The van der Waals surface area contributed by atoms with Crippen LogP contribution in [0, 0.1) is 5.92 Å². The van der Waals surface area contributed by atoms with Crippen molar-refractivity contribution >= 4 is 12.0 Å². The van der Waals surface area contributed by atoms with Gasteiger partial charge in [0.05, 0.1) is 11.5 Å². The maximum absolute atomic E-state index is 11.9. The third-order valence-electron chi connectivity index (χ3n) is 4.93. The van der Waals surface area contributed by atoms with Crippen molar-refractivity contribution < 1.29 is 19.4 Å². The summed E-state index contributed by atoms with van der Waals surface area (Å²) in [6.45, 7) is 0.541. The van der Waals surface area contributed by atoms with Gasteiger partial charge < -0.3 is 20.5 Å². The summed E-state index contributed by atoms with van der Waals surface area (Å²) in [5.41, 5.74) is -0.196. The Morgan fingerprint density at radius 2 is 1.81 bits per heavy atom. The third-order valence-corrected chi connectivity index (χ3v) is 4.93. The van der Waals surface area contributed by atoms with Gasteiger partial charge in [-0.25, -0.2) is 4.79 Å². The van der Waals surface area contributed by atoms with E-state index in [2.05, 4.69) is 10.6 Å². The predicted molar refractivity (Wildman–Crippen MR) is 78.1 cm³/mol. The Hall–Kier alpha value is -1.30. The Labute approximate surface area is 125 Å². The number of ether oxygens (including phenoxy) is 1. The first-order valence-electron chi connectivity index (χ1n) is 7.87. The van der Waals surface area contributed by atoms with E-state index in [1.54, 1.807) is 7.11 Å². The van der Waals surface area contributed by atoms with E-state index in [1.165, 1.54) is 0 Å².